The zero-order chi connectivity index (χ0) is 14.7. The van der Waals surface area contributed by atoms with Crippen LogP contribution in [-0.4, -0.2) is 26.8 Å². The number of rotatable bonds is 4. The summed E-state index contributed by atoms with van der Waals surface area (Å²) in [5, 5.41) is 9.80. The highest BCUT2D eigenvalue weighted by atomic mass is 79.9. The van der Waals surface area contributed by atoms with Crippen molar-refractivity contribution in [2.75, 3.05) is 11.1 Å². The Bertz CT molecular complexity index is 669. The Hall–Kier alpha value is -2.42. The molecule has 104 valence electrons. The van der Waals surface area contributed by atoms with Gasteiger partial charge in [0, 0.05) is 4.47 Å². The second-order valence-corrected chi connectivity index (χ2v) is 4.73. The van der Waals surface area contributed by atoms with Crippen LogP contribution in [0.4, 0.5) is 11.5 Å². The van der Waals surface area contributed by atoms with Crippen LogP contribution >= 0.6 is 15.9 Å². The van der Waals surface area contributed by atoms with E-state index in [0.29, 0.717) is 5.69 Å². The fourth-order valence-corrected chi connectivity index (χ4v) is 1.88. The third-order valence-electron chi connectivity index (χ3n) is 2.45. The summed E-state index contributed by atoms with van der Waals surface area (Å²) in [7, 11) is 0. The summed E-state index contributed by atoms with van der Waals surface area (Å²) < 4.78 is 1.85. The molecule has 5 N–H and O–H groups in total. The van der Waals surface area contributed by atoms with Crippen molar-refractivity contribution in [2.24, 2.45) is 5.73 Å². The molecule has 1 aromatic heterocycles. The van der Waals surface area contributed by atoms with E-state index < -0.39 is 5.91 Å². The Morgan fingerprint density at radius 2 is 2.05 bits per heavy atom. The highest BCUT2D eigenvalue weighted by Gasteiger charge is 2.16. The van der Waals surface area contributed by atoms with Gasteiger partial charge in [-0.05, 0) is 28.1 Å². The first-order valence-corrected chi connectivity index (χ1v) is 6.31. The number of aromatic nitrogens is 3. The number of para-hydroxylation sites is 1. The SMILES string of the molecule is NC(=O)c1nnn(CC(=O)Nc2ccccc2Br)c1N. The maximum absolute atomic E-state index is 11.9. The van der Waals surface area contributed by atoms with Crippen molar-refractivity contribution in [1.29, 1.82) is 0 Å². The Morgan fingerprint density at radius 1 is 1.35 bits per heavy atom. The van der Waals surface area contributed by atoms with E-state index in [1.54, 1.807) is 18.2 Å². The van der Waals surface area contributed by atoms with Crippen LogP contribution in [0.25, 0.3) is 0 Å². The standard InChI is InChI=1S/C11H11BrN6O2/c12-6-3-1-2-4-7(6)15-8(19)5-18-10(13)9(11(14)20)16-17-18/h1-4H,5,13H2,(H2,14,20)(H,15,19). The average Bonchev–Trinajstić information content (AvgIpc) is 2.74. The van der Waals surface area contributed by atoms with Crippen LogP contribution in [-0.2, 0) is 11.3 Å². The fraction of sp³-hybridized carbons (Fsp3) is 0.0909. The van der Waals surface area contributed by atoms with Crippen molar-refractivity contribution in [3.05, 3.63) is 34.4 Å². The Morgan fingerprint density at radius 3 is 2.65 bits per heavy atom. The second kappa shape index (κ2) is 5.70. The van der Waals surface area contributed by atoms with Crippen LogP contribution in [0.5, 0.6) is 0 Å². The van der Waals surface area contributed by atoms with Gasteiger partial charge in [-0.2, -0.15) is 0 Å². The topological polar surface area (TPSA) is 129 Å². The van der Waals surface area contributed by atoms with Gasteiger partial charge in [-0.1, -0.05) is 17.3 Å². The number of nitrogens with one attached hydrogen (secondary N) is 1. The van der Waals surface area contributed by atoms with Crippen LogP contribution in [0.2, 0.25) is 0 Å². The van der Waals surface area contributed by atoms with Gasteiger partial charge in [0.05, 0.1) is 5.69 Å². The van der Waals surface area contributed by atoms with Gasteiger partial charge >= 0.3 is 0 Å². The van der Waals surface area contributed by atoms with Gasteiger partial charge in [-0.25, -0.2) is 4.68 Å². The van der Waals surface area contributed by atoms with E-state index in [-0.39, 0.29) is 24.0 Å². The van der Waals surface area contributed by atoms with E-state index in [1.165, 1.54) is 0 Å². The molecule has 0 aliphatic carbocycles. The summed E-state index contributed by atoms with van der Waals surface area (Å²) in [6, 6.07) is 7.15. The van der Waals surface area contributed by atoms with Gasteiger partial charge in [-0.3, -0.25) is 9.59 Å². The quantitative estimate of drug-likeness (QED) is 0.741. The molecule has 0 aliphatic rings. The lowest BCUT2D eigenvalue weighted by atomic mass is 10.3. The summed E-state index contributed by atoms with van der Waals surface area (Å²) in [5.41, 5.74) is 11.1. The molecule has 0 spiro atoms. The molecule has 0 saturated carbocycles. The summed E-state index contributed by atoms with van der Waals surface area (Å²) in [6.07, 6.45) is 0. The van der Waals surface area contributed by atoms with Gasteiger partial charge in [0.1, 0.15) is 6.54 Å². The normalized spacial score (nSPS) is 10.2. The number of amides is 2. The van der Waals surface area contributed by atoms with Gasteiger partial charge in [0.2, 0.25) is 5.91 Å². The molecule has 8 nitrogen and oxygen atoms in total. The van der Waals surface area contributed by atoms with E-state index in [2.05, 4.69) is 31.6 Å². The zero-order valence-corrected chi connectivity index (χ0v) is 11.8. The third-order valence-corrected chi connectivity index (χ3v) is 3.14. The molecule has 0 atom stereocenters. The molecule has 0 bridgehead atoms. The minimum absolute atomic E-state index is 0.0419. The van der Waals surface area contributed by atoms with Crippen LogP contribution < -0.4 is 16.8 Å². The van der Waals surface area contributed by atoms with Crippen molar-refractivity contribution in [1.82, 2.24) is 15.0 Å². The number of primary amides is 1. The highest BCUT2D eigenvalue weighted by Crippen LogP contribution is 2.21. The fourth-order valence-electron chi connectivity index (χ4n) is 1.50. The highest BCUT2D eigenvalue weighted by molar-refractivity contribution is 9.10. The number of hydrogen-bond donors (Lipinski definition) is 3. The van der Waals surface area contributed by atoms with Crippen molar-refractivity contribution in [2.45, 2.75) is 6.54 Å². The van der Waals surface area contributed by atoms with Gasteiger partial charge in [0.25, 0.3) is 5.91 Å². The number of carbonyl (C=O) groups is 2. The van der Waals surface area contributed by atoms with Crippen LogP contribution in [0, 0.1) is 0 Å². The molecule has 0 saturated heterocycles. The van der Waals surface area contributed by atoms with Gasteiger partial charge in [-0.15, -0.1) is 5.10 Å². The lowest BCUT2D eigenvalue weighted by molar-refractivity contribution is -0.116. The van der Waals surface area contributed by atoms with Gasteiger partial charge in [0.15, 0.2) is 11.5 Å². The number of hydrogen-bond acceptors (Lipinski definition) is 5. The van der Waals surface area contributed by atoms with E-state index in [4.69, 9.17) is 11.5 Å². The predicted octanol–water partition coefficient (Wildman–Crippen LogP) is 0.360. The van der Waals surface area contributed by atoms with Crippen molar-refractivity contribution in [3.63, 3.8) is 0 Å². The summed E-state index contributed by atoms with van der Waals surface area (Å²) in [5.74, 6) is -1.19. The Balaban J connectivity index is 2.09. The monoisotopic (exact) mass is 338 g/mol. The first-order chi connectivity index (χ1) is 9.49. The molecule has 0 radical (unpaired) electrons. The van der Waals surface area contributed by atoms with E-state index in [9.17, 15) is 9.59 Å². The van der Waals surface area contributed by atoms with Crippen molar-refractivity contribution in [3.8, 4) is 0 Å². The molecular weight excluding hydrogens is 328 g/mol. The van der Waals surface area contributed by atoms with E-state index in [0.717, 1.165) is 9.15 Å². The maximum atomic E-state index is 11.9. The summed E-state index contributed by atoms with van der Waals surface area (Å²) >= 11 is 3.31. The molecular formula is C11H11BrN6O2. The second-order valence-electron chi connectivity index (χ2n) is 3.87. The number of nitrogens with two attached hydrogens (primary N) is 2. The number of nitrogens with zero attached hydrogens (tertiary/aromatic N) is 3. The molecule has 1 heterocycles. The summed E-state index contributed by atoms with van der Waals surface area (Å²) in [4.78, 5) is 22.8. The third kappa shape index (κ3) is 2.94. The number of benzene rings is 1. The maximum Gasteiger partial charge on any atom is 0.273 e. The summed E-state index contributed by atoms with van der Waals surface area (Å²) in [6.45, 7) is -0.173. The average molecular weight is 339 g/mol. The molecule has 9 heteroatoms. The first-order valence-electron chi connectivity index (χ1n) is 5.52. The predicted molar refractivity (Wildman–Crippen MR) is 75.7 cm³/mol. The Kier molecular flexibility index (Phi) is 3.99. The number of carbonyl (C=O) groups excluding carboxylic acids is 2. The smallest absolute Gasteiger partial charge is 0.273 e. The molecule has 2 amide bonds. The van der Waals surface area contributed by atoms with Crippen molar-refractivity contribution < 1.29 is 9.59 Å². The largest absolute Gasteiger partial charge is 0.382 e. The van der Waals surface area contributed by atoms with Crippen molar-refractivity contribution >= 4 is 39.2 Å². The van der Waals surface area contributed by atoms with Crippen LogP contribution in [0.1, 0.15) is 10.5 Å². The number of halogens is 1. The lowest BCUT2D eigenvalue weighted by Gasteiger charge is -2.07. The molecule has 0 fully saturated rings. The number of nitrogen functional groups attached to an aromatic ring is 1. The molecule has 1 aromatic carbocycles. The molecule has 0 aliphatic heterocycles. The van der Waals surface area contributed by atoms with Crippen LogP contribution in [0.3, 0.4) is 0 Å². The first kappa shape index (κ1) is 14.0. The van der Waals surface area contributed by atoms with E-state index >= 15 is 0 Å². The van der Waals surface area contributed by atoms with E-state index in [1.807, 2.05) is 6.07 Å². The zero-order valence-electron chi connectivity index (χ0n) is 10.2. The minimum atomic E-state index is -0.792. The Labute approximate surface area is 122 Å². The van der Waals surface area contributed by atoms with Crippen LogP contribution in [0.15, 0.2) is 28.7 Å². The lowest BCUT2D eigenvalue weighted by Crippen LogP contribution is -2.21. The van der Waals surface area contributed by atoms with Gasteiger partial charge < -0.3 is 16.8 Å². The minimum Gasteiger partial charge on any atom is -0.382 e. The number of anilines is 2. The molecule has 0 unspecified atom stereocenters. The molecule has 20 heavy (non-hydrogen) atoms. The molecule has 2 aromatic rings. The molecule has 2 rings (SSSR count).